The summed E-state index contributed by atoms with van der Waals surface area (Å²) in [4.78, 5) is 34.2. The molecule has 2 aromatic heterocycles. The lowest BCUT2D eigenvalue weighted by Crippen LogP contribution is -2.29. The van der Waals surface area contributed by atoms with E-state index in [0.717, 1.165) is 61.2 Å². The van der Waals surface area contributed by atoms with Gasteiger partial charge in [-0.05, 0) is 69.6 Å². The molecule has 8 nitrogen and oxygen atoms in total. The molecule has 4 aromatic rings. The van der Waals surface area contributed by atoms with Gasteiger partial charge in [-0.3, -0.25) is 14.6 Å². The van der Waals surface area contributed by atoms with Gasteiger partial charge in [-0.15, -0.1) is 0 Å². The van der Waals surface area contributed by atoms with Gasteiger partial charge in [0.2, 0.25) is 5.43 Å². The average Bonchev–Trinajstić information content (AvgIpc) is 3.31. The van der Waals surface area contributed by atoms with Crippen molar-refractivity contribution < 1.29 is 9.53 Å². The molecule has 4 rings (SSSR count). The minimum Gasteiger partial charge on any atom is -0.461 e. The highest BCUT2D eigenvalue weighted by Crippen LogP contribution is 2.32. The zero-order valence-electron chi connectivity index (χ0n) is 25.1. The molecule has 0 saturated carbocycles. The van der Waals surface area contributed by atoms with Gasteiger partial charge < -0.3 is 18.8 Å². The highest BCUT2D eigenvalue weighted by molar-refractivity contribution is 6.11. The van der Waals surface area contributed by atoms with Crippen LogP contribution in [0, 0.1) is 0 Å². The average molecular weight is 548 g/mol. The highest BCUT2D eigenvalue weighted by Gasteiger charge is 2.23. The lowest BCUT2D eigenvalue weighted by Gasteiger charge is -2.23. The predicted molar refractivity (Wildman–Crippen MR) is 165 cm³/mol. The number of hydrogen-bond donors (Lipinski definition) is 0. The van der Waals surface area contributed by atoms with E-state index in [4.69, 9.17) is 4.74 Å². The zero-order valence-corrected chi connectivity index (χ0v) is 25.1. The fourth-order valence-corrected chi connectivity index (χ4v) is 5.55. The summed E-state index contributed by atoms with van der Waals surface area (Å²) >= 11 is 0. The van der Waals surface area contributed by atoms with Crippen LogP contribution in [-0.4, -0.2) is 82.2 Å². The number of carbonyl (C=O) groups excluding carboxylic acids is 1. The quantitative estimate of drug-likeness (QED) is 0.202. The number of pyridine rings is 1. The van der Waals surface area contributed by atoms with Crippen LogP contribution in [0.4, 0.5) is 0 Å². The molecule has 2 heterocycles. The number of fused-ring (bicyclic) bond motifs is 4. The largest absolute Gasteiger partial charge is 0.461 e. The van der Waals surface area contributed by atoms with Crippen molar-refractivity contribution in [2.45, 2.75) is 54.9 Å². The van der Waals surface area contributed by atoms with E-state index in [0.29, 0.717) is 43.0 Å². The second kappa shape index (κ2) is 13.4. The first kappa shape index (κ1) is 29.8. The van der Waals surface area contributed by atoms with Gasteiger partial charge in [-0.2, -0.15) is 0 Å². The summed E-state index contributed by atoms with van der Waals surface area (Å²) in [6.45, 7) is 20.5. The van der Waals surface area contributed by atoms with Crippen molar-refractivity contribution in [3.8, 4) is 0 Å². The van der Waals surface area contributed by atoms with E-state index < -0.39 is 0 Å². The van der Waals surface area contributed by atoms with Crippen molar-refractivity contribution in [2.75, 3.05) is 52.4 Å². The normalized spacial score (nSPS) is 12.1. The number of likely N-dealkylation sites (N-methyl/N-ethyl adjacent to an activating group) is 1. The van der Waals surface area contributed by atoms with E-state index in [1.165, 1.54) is 0 Å². The topological polar surface area (TPSA) is 63.0 Å². The van der Waals surface area contributed by atoms with Crippen molar-refractivity contribution >= 4 is 38.8 Å². The molecule has 0 spiro atoms. The van der Waals surface area contributed by atoms with Crippen LogP contribution in [0.5, 0.6) is 0 Å². The second-order valence-electron chi connectivity index (χ2n) is 10.2. The molecular weight excluding hydrogens is 502 g/mol. The van der Waals surface area contributed by atoms with Crippen molar-refractivity contribution in [3.63, 3.8) is 0 Å². The van der Waals surface area contributed by atoms with Gasteiger partial charge >= 0.3 is 5.97 Å². The Bertz CT molecular complexity index is 1510. The smallest absolute Gasteiger partial charge is 0.338 e. The third-order valence-electron chi connectivity index (χ3n) is 8.20. The Hall–Kier alpha value is -3.20. The van der Waals surface area contributed by atoms with Crippen molar-refractivity contribution in [2.24, 2.45) is 0 Å². The van der Waals surface area contributed by atoms with Crippen LogP contribution >= 0.6 is 0 Å². The first-order valence-corrected chi connectivity index (χ1v) is 14.8. The summed E-state index contributed by atoms with van der Waals surface area (Å²) in [5.74, 6) is -0.336. The van der Waals surface area contributed by atoms with Crippen LogP contribution in [0.25, 0.3) is 32.8 Å². The number of rotatable bonds is 14. The van der Waals surface area contributed by atoms with Gasteiger partial charge in [0.25, 0.3) is 0 Å². The number of carbonyl (C=O) groups is 1. The number of nitrogens with zero attached hydrogens (tertiary/aromatic N) is 5. The van der Waals surface area contributed by atoms with Crippen LogP contribution < -0.4 is 5.43 Å². The van der Waals surface area contributed by atoms with E-state index >= 15 is 0 Å². The third-order valence-corrected chi connectivity index (χ3v) is 8.20. The molecule has 0 amide bonds. The molecule has 8 heteroatoms. The summed E-state index contributed by atoms with van der Waals surface area (Å²) in [6.07, 6.45) is 0. The minimum absolute atomic E-state index is 0.0214. The van der Waals surface area contributed by atoms with Crippen LogP contribution in [-0.2, 0) is 18.1 Å². The van der Waals surface area contributed by atoms with E-state index in [1.54, 1.807) is 0 Å². The lowest BCUT2D eigenvalue weighted by molar-refractivity contribution is 0.0466. The SMILES string of the molecule is CCN(CC)CCOC(=O)c1ccc2c(c1)c1c(c(=O)c3ccccc3n1CN(CC)CC)n2CN(CC)CC. The van der Waals surface area contributed by atoms with Crippen molar-refractivity contribution in [3.05, 3.63) is 58.3 Å². The predicted octanol–water partition coefficient (Wildman–Crippen LogP) is 5.21. The molecule has 0 bridgehead atoms. The maximum absolute atomic E-state index is 14.1. The Morgan fingerprint density at radius 3 is 1.85 bits per heavy atom. The molecule has 0 aliphatic rings. The summed E-state index contributed by atoms with van der Waals surface area (Å²) in [6, 6.07) is 13.6. The fourth-order valence-electron chi connectivity index (χ4n) is 5.55. The molecule has 0 unspecified atom stereocenters. The van der Waals surface area contributed by atoms with Crippen molar-refractivity contribution in [1.82, 2.24) is 23.8 Å². The molecule has 0 N–H and O–H groups in total. The second-order valence-corrected chi connectivity index (χ2v) is 10.2. The van der Waals surface area contributed by atoms with Gasteiger partial charge in [0.05, 0.1) is 35.5 Å². The van der Waals surface area contributed by atoms with Crippen LogP contribution in [0.1, 0.15) is 51.9 Å². The molecule has 0 aliphatic carbocycles. The van der Waals surface area contributed by atoms with Gasteiger partial charge in [0.1, 0.15) is 12.1 Å². The molecule has 0 aliphatic heterocycles. The van der Waals surface area contributed by atoms with Crippen LogP contribution in [0.3, 0.4) is 0 Å². The summed E-state index contributed by atoms with van der Waals surface area (Å²) in [7, 11) is 0. The Morgan fingerprint density at radius 1 is 0.700 bits per heavy atom. The monoisotopic (exact) mass is 547 g/mol. The van der Waals surface area contributed by atoms with E-state index in [-0.39, 0.29) is 11.4 Å². The molecule has 0 saturated heterocycles. The minimum atomic E-state index is -0.336. The van der Waals surface area contributed by atoms with Crippen molar-refractivity contribution in [1.29, 1.82) is 0 Å². The number of hydrogen-bond acceptors (Lipinski definition) is 6. The van der Waals surface area contributed by atoms with E-state index in [1.807, 2.05) is 42.5 Å². The first-order chi connectivity index (χ1) is 19.4. The number of benzene rings is 2. The number of esters is 1. The number of para-hydroxylation sites is 1. The lowest BCUT2D eigenvalue weighted by atomic mass is 10.1. The molecular formula is C32H45N5O3. The van der Waals surface area contributed by atoms with E-state index in [2.05, 4.69) is 65.4 Å². The standard InChI is InChI=1S/C32H45N5O3/c1-7-33(8-2)19-20-40-32(39)24-17-18-28-26(21-24)29-30(37(28)23-35(11-5)12-6)31(38)25-15-13-14-16-27(25)36(29)22-34(9-3)10-4/h13-18,21H,7-12,19-20,22-23H2,1-6H3. The molecule has 0 atom stereocenters. The maximum atomic E-state index is 14.1. The number of ether oxygens (including phenoxy) is 1. The summed E-state index contributed by atoms with van der Waals surface area (Å²) in [5, 5.41) is 1.61. The summed E-state index contributed by atoms with van der Waals surface area (Å²) < 4.78 is 10.1. The highest BCUT2D eigenvalue weighted by atomic mass is 16.5. The Labute approximate surface area is 237 Å². The number of aromatic nitrogens is 2. The van der Waals surface area contributed by atoms with E-state index in [9.17, 15) is 9.59 Å². The summed E-state index contributed by atoms with van der Waals surface area (Å²) in [5.41, 5.74) is 3.93. The molecule has 0 radical (unpaired) electrons. The first-order valence-electron chi connectivity index (χ1n) is 14.8. The third kappa shape index (κ3) is 5.80. The molecule has 0 fully saturated rings. The zero-order chi connectivity index (χ0) is 28.8. The van der Waals surface area contributed by atoms with Crippen LogP contribution in [0.15, 0.2) is 47.3 Å². The molecule has 216 valence electrons. The van der Waals surface area contributed by atoms with Gasteiger partial charge in [-0.1, -0.05) is 53.7 Å². The Balaban J connectivity index is 1.96. The fraction of sp³-hybridized carbons (Fsp3) is 0.500. The maximum Gasteiger partial charge on any atom is 0.338 e. The van der Waals surface area contributed by atoms with Crippen LogP contribution in [0.2, 0.25) is 0 Å². The Kier molecular flexibility index (Phi) is 10.0. The molecule has 2 aromatic carbocycles. The van der Waals surface area contributed by atoms with Gasteiger partial charge in [0.15, 0.2) is 0 Å². The van der Waals surface area contributed by atoms with Gasteiger partial charge in [-0.25, -0.2) is 4.79 Å². The van der Waals surface area contributed by atoms with Gasteiger partial charge in [0, 0.05) is 17.3 Å². The molecule has 40 heavy (non-hydrogen) atoms. The Morgan fingerprint density at radius 2 is 1.25 bits per heavy atom.